The third kappa shape index (κ3) is 5.67. The summed E-state index contributed by atoms with van der Waals surface area (Å²) < 4.78 is 103. The molecule has 38 heavy (non-hydrogen) atoms. The maximum Gasteiger partial charge on any atom is 0.430 e. The second-order valence-electron chi connectivity index (χ2n) is 9.55. The Bertz CT molecular complexity index is 1280. The number of aliphatic hydroxyl groups excluding tert-OH is 1. The molecular formula is C24H26F6N2O5S. The molecule has 0 aliphatic carbocycles. The number of rotatable bonds is 7. The Morgan fingerprint density at radius 3 is 2.08 bits per heavy atom. The highest BCUT2D eigenvalue weighted by Gasteiger charge is 2.71. The number of sulfone groups is 1. The molecule has 0 spiro atoms. The Balaban J connectivity index is 1.93. The number of hydrogen-bond donors (Lipinski definition) is 3. The number of anilines is 1. The maximum atomic E-state index is 13.3. The number of amides is 1. The highest BCUT2D eigenvalue weighted by atomic mass is 32.2. The number of benzene rings is 2. The molecule has 210 valence electrons. The molecule has 1 aliphatic rings. The number of carbonyl (C=O) groups excluding carboxylic acids is 1. The summed E-state index contributed by atoms with van der Waals surface area (Å²) >= 11 is 0. The number of aliphatic hydroxyl groups is 2. The number of hydrogen-bond acceptors (Lipinski definition) is 6. The first-order valence-corrected chi connectivity index (χ1v) is 13.2. The van der Waals surface area contributed by atoms with E-state index in [1.54, 1.807) is 18.7 Å². The molecule has 0 aromatic heterocycles. The molecule has 0 fully saturated rings. The van der Waals surface area contributed by atoms with Gasteiger partial charge >= 0.3 is 12.4 Å². The van der Waals surface area contributed by atoms with Gasteiger partial charge in [-0.1, -0.05) is 32.0 Å². The number of nitrogens with zero attached hydrogens (tertiary/aromatic N) is 1. The highest BCUT2D eigenvalue weighted by Crippen LogP contribution is 2.50. The molecule has 1 unspecified atom stereocenters. The summed E-state index contributed by atoms with van der Waals surface area (Å²) in [4.78, 5) is 14.9. The van der Waals surface area contributed by atoms with E-state index in [1.807, 2.05) is 0 Å². The largest absolute Gasteiger partial charge is 0.430 e. The lowest BCUT2D eigenvalue weighted by Crippen LogP contribution is -2.53. The average Bonchev–Trinajstić information content (AvgIpc) is 3.13. The van der Waals surface area contributed by atoms with Gasteiger partial charge in [0.1, 0.15) is 6.04 Å². The highest BCUT2D eigenvalue weighted by molar-refractivity contribution is 7.90. The molecule has 0 bridgehead atoms. The average molecular weight is 569 g/mol. The minimum Gasteiger partial charge on any atom is -0.392 e. The van der Waals surface area contributed by atoms with E-state index in [0.717, 1.165) is 18.4 Å². The van der Waals surface area contributed by atoms with Crippen LogP contribution >= 0.6 is 0 Å². The lowest BCUT2D eigenvalue weighted by molar-refractivity contribution is -0.376. The number of β-amino-alcohol motifs (C(OH)–C–C–N with tert-alkyl or cyclic N) is 1. The van der Waals surface area contributed by atoms with Crippen LogP contribution in [0.3, 0.4) is 0 Å². The Morgan fingerprint density at radius 1 is 1.05 bits per heavy atom. The van der Waals surface area contributed by atoms with Crippen molar-refractivity contribution in [3.8, 4) is 0 Å². The van der Waals surface area contributed by atoms with Crippen molar-refractivity contribution in [2.75, 3.05) is 18.1 Å². The molecule has 0 saturated carbocycles. The molecule has 0 saturated heterocycles. The first-order chi connectivity index (χ1) is 17.3. The van der Waals surface area contributed by atoms with Crippen molar-refractivity contribution >= 4 is 21.4 Å². The van der Waals surface area contributed by atoms with Gasteiger partial charge in [-0.2, -0.15) is 26.3 Å². The van der Waals surface area contributed by atoms with Crippen molar-refractivity contribution in [3.63, 3.8) is 0 Å². The van der Waals surface area contributed by atoms with E-state index in [4.69, 9.17) is 0 Å². The lowest BCUT2D eigenvalue weighted by Gasteiger charge is -2.32. The van der Waals surface area contributed by atoms with Crippen molar-refractivity contribution in [3.05, 3.63) is 59.2 Å². The summed E-state index contributed by atoms with van der Waals surface area (Å²) in [6.07, 6.45) is -11.9. The number of halogens is 6. The van der Waals surface area contributed by atoms with Crippen molar-refractivity contribution in [2.24, 2.45) is 5.92 Å². The third-order valence-electron chi connectivity index (χ3n) is 6.41. The van der Waals surface area contributed by atoms with Gasteiger partial charge in [0, 0.05) is 30.6 Å². The van der Waals surface area contributed by atoms with E-state index < -0.39 is 51.4 Å². The summed E-state index contributed by atoms with van der Waals surface area (Å²) in [6.45, 7) is 3.66. The zero-order valence-corrected chi connectivity index (χ0v) is 21.2. The van der Waals surface area contributed by atoms with E-state index in [2.05, 4.69) is 5.32 Å². The van der Waals surface area contributed by atoms with Gasteiger partial charge in [-0.15, -0.1) is 0 Å². The monoisotopic (exact) mass is 568 g/mol. The molecule has 3 rings (SSSR count). The van der Waals surface area contributed by atoms with E-state index in [-0.39, 0.29) is 29.6 Å². The zero-order chi connectivity index (χ0) is 28.8. The Hall–Kier alpha value is -2.68. The van der Waals surface area contributed by atoms with Gasteiger partial charge in [-0.05, 0) is 41.3 Å². The van der Waals surface area contributed by atoms with Crippen LogP contribution in [0, 0.1) is 5.92 Å². The van der Waals surface area contributed by atoms with Gasteiger partial charge in [0.25, 0.3) is 5.60 Å². The van der Waals surface area contributed by atoms with Gasteiger partial charge in [0.15, 0.2) is 9.84 Å². The van der Waals surface area contributed by atoms with Crippen LogP contribution < -0.4 is 5.32 Å². The molecule has 1 aliphatic heterocycles. The molecule has 3 N–H and O–H groups in total. The fraction of sp³-hybridized carbons (Fsp3) is 0.458. The number of nitrogens with one attached hydrogen (secondary N) is 1. The summed E-state index contributed by atoms with van der Waals surface area (Å²) in [5.41, 5.74) is -5.77. The maximum absolute atomic E-state index is 13.3. The van der Waals surface area contributed by atoms with Crippen LogP contribution in [-0.2, 0) is 26.8 Å². The molecule has 0 radical (unpaired) electrons. The number of carbonyl (C=O) groups is 1. The van der Waals surface area contributed by atoms with Crippen LogP contribution in [0.1, 0.15) is 36.6 Å². The summed E-state index contributed by atoms with van der Waals surface area (Å²) in [5, 5.41) is 22.4. The second-order valence-corrected chi connectivity index (χ2v) is 11.6. The summed E-state index contributed by atoms with van der Waals surface area (Å²) in [7, 11) is -3.55. The molecule has 2 atom stereocenters. The SMILES string of the molecule is CC(C)[C@H](O)CN1Cc2cc(S(C)(=O)=O)ccc2C1C(=O)Nc1ccc(C(O)(C(F)(F)F)C(F)(F)F)cc1. The lowest BCUT2D eigenvalue weighted by atomic mass is 9.92. The predicted molar refractivity (Wildman–Crippen MR) is 125 cm³/mol. The van der Waals surface area contributed by atoms with Gasteiger partial charge in [0.05, 0.1) is 11.0 Å². The van der Waals surface area contributed by atoms with Crippen LogP contribution in [0.15, 0.2) is 47.4 Å². The van der Waals surface area contributed by atoms with Crippen LogP contribution in [-0.4, -0.2) is 60.7 Å². The predicted octanol–water partition coefficient (Wildman–Crippen LogP) is 3.91. The van der Waals surface area contributed by atoms with Gasteiger partial charge in [0.2, 0.25) is 5.91 Å². The minimum absolute atomic E-state index is 0.0269. The quantitative estimate of drug-likeness (QED) is 0.438. The van der Waals surface area contributed by atoms with Crippen LogP contribution in [0.5, 0.6) is 0 Å². The second kappa shape index (κ2) is 10.1. The van der Waals surface area contributed by atoms with Crippen molar-refractivity contribution < 1.29 is 49.8 Å². The Labute approximate surface area is 215 Å². The van der Waals surface area contributed by atoms with Gasteiger partial charge in [-0.25, -0.2) is 8.42 Å². The molecular weight excluding hydrogens is 542 g/mol. The molecule has 2 aromatic rings. The topological polar surface area (TPSA) is 107 Å². The fourth-order valence-electron chi connectivity index (χ4n) is 4.14. The van der Waals surface area contributed by atoms with Crippen LogP contribution in [0.4, 0.5) is 32.0 Å². The summed E-state index contributed by atoms with van der Waals surface area (Å²) in [6, 6.07) is 5.58. The molecule has 7 nitrogen and oxygen atoms in total. The van der Waals surface area contributed by atoms with E-state index >= 15 is 0 Å². The molecule has 14 heteroatoms. The summed E-state index contributed by atoms with van der Waals surface area (Å²) in [5.74, 6) is -0.885. The number of fused-ring (bicyclic) bond motifs is 1. The van der Waals surface area contributed by atoms with E-state index in [1.165, 1.54) is 18.2 Å². The van der Waals surface area contributed by atoms with Gasteiger partial charge < -0.3 is 15.5 Å². The Morgan fingerprint density at radius 2 is 1.61 bits per heavy atom. The minimum atomic E-state index is -6.05. The third-order valence-corrected chi connectivity index (χ3v) is 7.52. The first-order valence-electron chi connectivity index (χ1n) is 11.3. The fourth-order valence-corrected chi connectivity index (χ4v) is 4.82. The van der Waals surface area contributed by atoms with Gasteiger partial charge in [-0.3, -0.25) is 9.69 Å². The number of alkyl halides is 6. The molecule has 1 heterocycles. The Kier molecular flexibility index (Phi) is 7.97. The zero-order valence-electron chi connectivity index (χ0n) is 20.4. The van der Waals surface area contributed by atoms with E-state index in [9.17, 15) is 49.8 Å². The van der Waals surface area contributed by atoms with E-state index in [0.29, 0.717) is 23.3 Å². The normalized spacial score (nSPS) is 17.9. The first kappa shape index (κ1) is 29.9. The standard InChI is InChI=1S/C24H26F6N2O5S/c1-13(2)19(33)12-32-11-14-10-17(38(3,36)37)8-9-18(14)20(32)21(34)31-16-6-4-15(5-7-16)22(35,23(25,26)27)24(28,29)30/h4-10,13,19-20,33,35H,11-12H2,1-3H3,(H,31,34)/t19-,20?/m1/s1. The van der Waals surface area contributed by atoms with Crippen LogP contribution in [0.25, 0.3) is 0 Å². The van der Waals surface area contributed by atoms with Crippen molar-refractivity contribution in [1.82, 2.24) is 4.90 Å². The molecule has 1 amide bonds. The smallest absolute Gasteiger partial charge is 0.392 e. The van der Waals surface area contributed by atoms with Crippen molar-refractivity contribution in [1.29, 1.82) is 0 Å². The van der Waals surface area contributed by atoms with Crippen LogP contribution in [0.2, 0.25) is 0 Å². The van der Waals surface area contributed by atoms with Crippen molar-refractivity contribution in [2.45, 2.75) is 55.4 Å². The molecule has 2 aromatic carbocycles.